The third kappa shape index (κ3) is 4.98. The third-order valence-electron chi connectivity index (χ3n) is 2.65. The summed E-state index contributed by atoms with van der Waals surface area (Å²) in [5.41, 5.74) is 0.801. The molecule has 1 rings (SSSR count). The van der Waals surface area contributed by atoms with Crippen LogP contribution in [0.5, 0.6) is 0 Å². The van der Waals surface area contributed by atoms with Gasteiger partial charge in [-0.15, -0.1) is 0 Å². The van der Waals surface area contributed by atoms with Crippen molar-refractivity contribution in [2.75, 3.05) is 26.9 Å². The standard InChI is InChI=1S/C14H21NO4/c1-3-19-14(17)13(11-7-5-4-6-8-11)15-12(9-16)10-18-2/h4-8,12-13,15-16H,3,9-10H2,1-2H3. The number of carbonyl (C=O) groups excluding carboxylic acids is 1. The maximum Gasteiger partial charge on any atom is 0.327 e. The Morgan fingerprint density at radius 3 is 2.58 bits per heavy atom. The van der Waals surface area contributed by atoms with Crippen molar-refractivity contribution in [1.29, 1.82) is 0 Å². The Hall–Kier alpha value is -1.43. The first-order valence-corrected chi connectivity index (χ1v) is 6.30. The summed E-state index contributed by atoms with van der Waals surface area (Å²) in [4.78, 5) is 12.0. The molecule has 1 aromatic carbocycles. The Labute approximate surface area is 113 Å². The highest BCUT2D eigenvalue weighted by Crippen LogP contribution is 2.15. The second-order valence-corrected chi connectivity index (χ2v) is 4.10. The first kappa shape index (κ1) is 15.6. The fourth-order valence-electron chi connectivity index (χ4n) is 1.76. The number of carbonyl (C=O) groups is 1. The molecule has 0 aliphatic heterocycles. The number of rotatable bonds is 8. The molecule has 0 heterocycles. The van der Waals surface area contributed by atoms with Gasteiger partial charge in [0, 0.05) is 7.11 Å². The van der Waals surface area contributed by atoms with Crippen molar-refractivity contribution in [2.45, 2.75) is 19.0 Å². The number of ether oxygens (including phenoxy) is 2. The van der Waals surface area contributed by atoms with E-state index >= 15 is 0 Å². The van der Waals surface area contributed by atoms with Crippen LogP contribution >= 0.6 is 0 Å². The van der Waals surface area contributed by atoms with E-state index in [1.54, 1.807) is 14.0 Å². The van der Waals surface area contributed by atoms with Crippen LogP contribution < -0.4 is 5.32 Å². The molecule has 0 saturated carbocycles. The molecule has 2 unspecified atom stereocenters. The lowest BCUT2D eigenvalue weighted by Gasteiger charge is -2.23. The molecule has 0 bridgehead atoms. The SMILES string of the molecule is CCOC(=O)C(NC(CO)COC)c1ccccc1. The summed E-state index contributed by atoms with van der Waals surface area (Å²) in [5.74, 6) is -0.358. The zero-order chi connectivity index (χ0) is 14.1. The Kier molecular flexibility index (Phi) is 7.10. The van der Waals surface area contributed by atoms with E-state index in [0.717, 1.165) is 5.56 Å². The summed E-state index contributed by atoms with van der Waals surface area (Å²) in [5, 5.41) is 12.3. The highest BCUT2D eigenvalue weighted by molar-refractivity contribution is 5.77. The molecule has 0 radical (unpaired) electrons. The number of methoxy groups -OCH3 is 1. The average molecular weight is 267 g/mol. The zero-order valence-electron chi connectivity index (χ0n) is 11.3. The minimum atomic E-state index is -0.603. The van der Waals surface area contributed by atoms with E-state index in [2.05, 4.69) is 5.32 Å². The van der Waals surface area contributed by atoms with E-state index in [0.29, 0.717) is 13.2 Å². The quantitative estimate of drug-likeness (QED) is 0.685. The van der Waals surface area contributed by atoms with Crippen LogP contribution in [0.3, 0.4) is 0 Å². The minimum absolute atomic E-state index is 0.115. The van der Waals surface area contributed by atoms with Crippen LogP contribution in [0.15, 0.2) is 30.3 Å². The van der Waals surface area contributed by atoms with Crippen LogP contribution in [-0.4, -0.2) is 44.0 Å². The Bertz CT molecular complexity index is 369. The summed E-state index contributed by atoms with van der Waals surface area (Å²) in [6.07, 6.45) is 0. The molecule has 0 saturated heterocycles. The predicted molar refractivity (Wildman–Crippen MR) is 71.7 cm³/mol. The van der Waals surface area contributed by atoms with Gasteiger partial charge in [-0.3, -0.25) is 5.32 Å². The molecule has 0 spiro atoms. The van der Waals surface area contributed by atoms with Crippen LogP contribution in [0.25, 0.3) is 0 Å². The van der Waals surface area contributed by atoms with Gasteiger partial charge in [-0.1, -0.05) is 30.3 Å². The van der Waals surface area contributed by atoms with Gasteiger partial charge in [0.25, 0.3) is 0 Å². The number of esters is 1. The highest BCUT2D eigenvalue weighted by Gasteiger charge is 2.24. The van der Waals surface area contributed by atoms with Gasteiger partial charge < -0.3 is 14.6 Å². The molecule has 106 valence electrons. The molecule has 1 aromatic rings. The van der Waals surface area contributed by atoms with E-state index in [9.17, 15) is 9.90 Å². The van der Waals surface area contributed by atoms with Crippen molar-refractivity contribution < 1.29 is 19.4 Å². The summed E-state index contributed by atoms with van der Waals surface area (Å²) in [6, 6.07) is 8.35. The lowest BCUT2D eigenvalue weighted by atomic mass is 10.1. The van der Waals surface area contributed by atoms with Gasteiger partial charge in [-0.05, 0) is 12.5 Å². The van der Waals surface area contributed by atoms with Crippen LogP contribution in [0, 0.1) is 0 Å². The molecule has 19 heavy (non-hydrogen) atoms. The zero-order valence-corrected chi connectivity index (χ0v) is 11.3. The molecule has 2 atom stereocenters. The molecule has 0 amide bonds. The van der Waals surface area contributed by atoms with E-state index in [1.807, 2.05) is 30.3 Å². The molecule has 2 N–H and O–H groups in total. The van der Waals surface area contributed by atoms with Crippen molar-refractivity contribution in [3.63, 3.8) is 0 Å². The minimum Gasteiger partial charge on any atom is -0.465 e. The van der Waals surface area contributed by atoms with Crippen molar-refractivity contribution in [3.8, 4) is 0 Å². The lowest BCUT2D eigenvalue weighted by molar-refractivity contribution is -0.146. The second-order valence-electron chi connectivity index (χ2n) is 4.10. The molecule has 5 heteroatoms. The van der Waals surface area contributed by atoms with Crippen LogP contribution in [0.1, 0.15) is 18.5 Å². The summed E-state index contributed by atoms with van der Waals surface area (Å²) < 4.78 is 10.1. The van der Waals surface area contributed by atoms with Crippen molar-refractivity contribution >= 4 is 5.97 Å². The van der Waals surface area contributed by atoms with Gasteiger partial charge in [0.05, 0.1) is 25.9 Å². The first-order chi connectivity index (χ1) is 9.22. The molecule has 0 fully saturated rings. The number of hydrogen-bond acceptors (Lipinski definition) is 5. The van der Waals surface area contributed by atoms with Crippen molar-refractivity contribution in [3.05, 3.63) is 35.9 Å². The number of aliphatic hydroxyl groups is 1. The first-order valence-electron chi connectivity index (χ1n) is 6.30. The molecule has 5 nitrogen and oxygen atoms in total. The molecule has 0 aliphatic rings. The van der Waals surface area contributed by atoms with E-state index in [-0.39, 0.29) is 18.6 Å². The fourth-order valence-corrected chi connectivity index (χ4v) is 1.76. The lowest BCUT2D eigenvalue weighted by Crippen LogP contribution is -2.42. The molecular weight excluding hydrogens is 246 g/mol. The van der Waals surface area contributed by atoms with Gasteiger partial charge in [0.2, 0.25) is 0 Å². The third-order valence-corrected chi connectivity index (χ3v) is 2.65. The van der Waals surface area contributed by atoms with Gasteiger partial charge in [-0.25, -0.2) is 4.79 Å². The number of hydrogen-bond donors (Lipinski definition) is 2. The smallest absolute Gasteiger partial charge is 0.327 e. The second kappa shape index (κ2) is 8.63. The molecular formula is C14H21NO4. The summed E-state index contributed by atoms with van der Waals surface area (Å²) in [7, 11) is 1.55. The Morgan fingerprint density at radius 1 is 1.37 bits per heavy atom. The predicted octanol–water partition coefficient (Wildman–Crippen LogP) is 0.888. The van der Waals surface area contributed by atoms with E-state index in [4.69, 9.17) is 9.47 Å². The van der Waals surface area contributed by atoms with Crippen LogP contribution in [0.4, 0.5) is 0 Å². The highest BCUT2D eigenvalue weighted by atomic mass is 16.5. The largest absolute Gasteiger partial charge is 0.465 e. The number of nitrogens with one attached hydrogen (secondary N) is 1. The van der Waals surface area contributed by atoms with E-state index < -0.39 is 6.04 Å². The topological polar surface area (TPSA) is 67.8 Å². The van der Waals surface area contributed by atoms with Gasteiger partial charge in [0.15, 0.2) is 0 Å². The summed E-state index contributed by atoms with van der Waals surface area (Å²) >= 11 is 0. The number of aliphatic hydroxyl groups excluding tert-OH is 1. The average Bonchev–Trinajstić information content (AvgIpc) is 2.44. The fraction of sp³-hybridized carbons (Fsp3) is 0.500. The molecule has 0 aliphatic carbocycles. The monoisotopic (exact) mass is 267 g/mol. The van der Waals surface area contributed by atoms with Crippen molar-refractivity contribution in [2.24, 2.45) is 0 Å². The van der Waals surface area contributed by atoms with Gasteiger partial charge in [-0.2, -0.15) is 0 Å². The maximum atomic E-state index is 12.0. The van der Waals surface area contributed by atoms with Crippen molar-refractivity contribution in [1.82, 2.24) is 5.32 Å². The normalized spacial score (nSPS) is 13.8. The molecule has 0 aromatic heterocycles. The Morgan fingerprint density at radius 2 is 2.05 bits per heavy atom. The maximum absolute atomic E-state index is 12.0. The van der Waals surface area contributed by atoms with Gasteiger partial charge >= 0.3 is 5.97 Å². The number of benzene rings is 1. The van der Waals surface area contributed by atoms with Crippen LogP contribution in [-0.2, 0) is 14.3 Å². The van der Waals surface area contributed by atoms with Gasteiger partial charge in [0.1, 0.15) is 6.04 Å². The summed E-state index contributed by atoms with van der Waals surface area (Å²) in [6.45, 7) is 2.28. The van der Waals surface area contributed by atoms with E-state index in [1.165, 1.54) is 0 Å². The Balaban J connectivity index is 2.83. The van der Waals surface area contributed by atoms with Crippen LogP contribution in [0.2, 0.25) is 0 Å².